The van der Waals surface area contributed by atoms with Gasteiger partial charge in [0.05, 0.1) is 68.5 Å². The van der Waals surface area contributed by atoms with Crippen LogP contribution < -0.4 is 90.9 Å². The zero-order valence-electron chi connectivity index (χ0n) is 22.8. The molecule has 0 radical (unpaired) electrons. The summed E-state index contributed by atoms with van der Waals surface area (Å²) in [4.78, 5) is 48.1. The Hall–Kier alpha value is -2.04. The molecule has 0 heterocycles. The van der Waals surface area contributed by atoms with E-state index in [0.717, 1.165) is 33.2 Å². The van der Waals surface area contributed by atoms with Gasteiger partial charge in [-0.3, -0.25) is 19.2 Å². The molecule has 0 fully saturated rings. The van der Waals surface area contributed by atoms with Gasteiger partial charge >= 0.3 is 0 Å². The number of nitrogens with zero attached hydrogens (tertiary/aromatic N) is 2. The van der Waals surface area contributed by atoms with Crippen LogP contribution in [0.25, 0.3) is 0 Å². The fraction of sp³-hybridized carbons (Fsp3) is 0.462. The zero-order valence-corrected chi connectivity index (χ0v) is 27.2. The summed E-state index contributed by atoms with van der Waals surface area (Å²) in [5, 5.41) is 12.3. The van der Waals surface area contributed by atoms with Crippen molar-refractivity contribution < 1.29 is 56.9 Å². The summed E-state index contributed by atoms with van der Waals surface area (Å²) < 4.78 is 1.49. The topological polar surface area (TPSA) is 116 Å². The minimum absolute atomic E-state index is 0. The maximum absolute atomic E-state index is 12.1. The van der Waals surface area contributed by atoms with Gasteiger partial charge in [-0.2, -0.15) is 0 Å². The van der Waals surface area contributed by atoms with Crippen LogP contribution in [0.4, 0.5) is 22.7 Å². The van der Waals surface area contributed by atoms with Gasteiger partial charge in [0.1, 0.15) is 22.7 Å². The zero-order chi connectivity index (χ0) is 26.7. The van der Waals surface area contributed by atoms with Gasteiger partial charge < -0.3 is 78.2 Å². The Labute approximate surface area is 257 Å². The first-order chi connectivity index (χ1) is 16.8. The van der Waals surface area contributed by atoms with E-state index in [2.05, 4.69) is 63.6 Å². The highest BCUT2D eigenvalue weighted by molar-refractivity contribution is 5.74. The average molecular weight is 752 g/mol. The smallest absolute Gasteiger partial charge is 0.253 e. The third kappa shape index (κ3) is 9.02. The molecule has 3 rings (SSSR count). The second-order valence-corrected chi connectivity index (χ2v) is 11.2. The summed E-state index contributed by atoms with van der Waals surface area (Å²) in [5.74, 6) is 0. The van der Waals surface area contributed by atoms with Crippen molar-refractivity contribution in [1.29, 1.82) is 0 Å². The van der Waals surface area contributed by atoms with E-state index >= 15 is 0 Å². The van der Waals surface area contributed by atoms with Crippen molar-refractivity contribution in [2.75, 3.05) is 89.7 Å². The third-order valence-electron chi connectivity index (χ3n) is 5.92. The van der Waals surface area contributed by atoms with Crippen molar-refractivity contribution in [1.82, 2.24) is 0 Å². The lowest BCUT2D eigenvalue weighted by Crippen LogP contribution is -3.00. The standard InChI is InChI=1S/C26H36N6O4.2HI/c1-31(2,3)12-10-27-19-21(25(35)23(19)33)29-15-17-8-7-9-18(14-17)16-30-22-20(24(34)26(22)36)28-11-13-32(4,5)6;;/h7-9,14H,10-13,15-16H2,1-6H3,(H2-2,27,28,29,30,33,34,35,36);2*1H. The summed E-state index contributed by atoms with van der Waals surface area (Å²) in [5.41, 5.74) is 1.17. The Bertz CT molecular complexity index is 1260. The highest BCUT2D eigenvalue weighted by Gasteiger charge is 2.22. The molecular weight excluding hydrogens is 714 g/mol. The number of quaternary nitrogens is 2. The van der Waals surface area contributed by atoms with Crippen molar-refractivity contribution >= 4 is 22.7 Å². The number of hydrogen-bond donors (Lipinski definition) is 4. The van der Waals surface area contributed by atoms with E-state index in [1.54, 1.807) is 0 Å². The van der Waals surface area contributed by atoms with Crippen LogP contribution in [0.15, 0.2) is 43.4 Å². The Kier molecular flexibility index (Phi) is 12.4. The number of hydrogen-bond acceptors (Lipinski definition) is 8. The van der Waals surface area contributed by atoms with Gasteiger partial charge in [-0.1, -0.05) is 24.3 Å². The number of anilines is 4. The van der Waals surface area contributed by atoms with E-state index in [0.29, 0.717) is 48.9 Å². The normalized spacial score (nSPS) is 11.5. The SMILES string of the molecule is C[N+](C)(C)CCNc1c(NCc2cccc(CNc3c(NCC[N+](C)(C)C)c(=O)c3=O)c2)c(=O)c1=O.[I-].[I-]. The Morgan fingerprint density at radius 2 is 0.868 bits per heavy atom. The third-order valence-corrected chi connectivity index (χ3v) is 5.92. The van der Waals surface area contributed by atoms with Gasteiger partial charge in [0.25, 0.3) is 21.7 Å². The van der Waals surface area contributed by atoms with Crippen LogP contribution >= 0.6 is 0 Å². The number of benzene rings is 1. The maximum atomic E-state index is 12.1. The molecule has 210 valence electrons. The van der Waals surface area contributed by atoms with E-state index in [1.807, 2.05) is 24.3 Å². The van der Waals surface area contributed by atoms with Crippen molar-refractivity contribution in [3.05, 3.63) is 76.3 Å². The lowest BCUT2D eigenvalue weighted by molar-refractivity contribution is -0.868. The van der Waals surface area contributed by atoms with Crippen LogP contribution in [0.3, 0.4) is 0 Å². The second kappa shape index (κ2) is 13.8. The van der Waals surface area contributed by atoms with E-state index in [-0.39, 0.29) is 48.0 Å². The van der Waals surface area contributed by atoms with Crippen LogP contribution in [0.1, 0.15) is 11.1 Å². The largest absolute Gasteiger partial charge is 1.00 e. The van der Waals surface area contributed by atoms with Crippen LogP contribution in [0, 0.1) is 0 Å². The lowest BCUT2D eigenvalue weighted by atomic mass is 10.1. The van der Waals surface area contributed by atoms with Gasteiger partial charge in [-0.25, -0.2) is 0 Å². The van der Waals surface area contributed by atoms with Gasteiger partial charge in [0.15, 0.2) is 0 Å². The number of halogens is 2. The summed E-state index contributed by atoms with van der Waals surface area (Å²) in [7, 11) is 12.4. The van der Waals surface area contributed by atoms with Gasteiger partial charge in [-0.15, -0.1) is 0 Å². The molecule has 0 aliphatic rings. The molecule has 3 aromatic rings. The van der Waals surface area contributed by atoms with Crippen molar-refractivity contribution in [3.63, 3.8) is 0 Å². The van der Waals surface area contributed by atoms with Crippen LogP contribution in [-0.4, -0.2) is 77.4 Å². The van der Waals surface area contributed by atoms with Gasteiger partial charge in [0, 0.05) is 13.1 Å². The monoisotopic (exact) mass is 752 g/mol. The van der Waals surface area contributed by atoms with Crippen molar-refractivity contribution in [2.24, 2.45) is 0 Å². The van der Waals surface area contributed by atoms with Crippen LogP contribution in [0.5, 0.6) is 0 Å². The first-order valence-electron chi connectivity index (χ1n) is 12.1. The number of likely N-dealkylation sites (N-methyl/N-ethyl adjacent to an activating group) is 2. The van der Waals surface area contributed by atoms with E-state index in [9.17, 15) is 19.2 Å². The fourth-order valence-electron chi connectivity index (χ4n) is 3.72. The second-order valence-electron chi connectivity index (χ2n) is 11.2. The molecule has 0 unspecified atom stereocenters. The highest BCUT2D eigenvalue weighted by atomic mass is 127. The summed E-state index contributed by atoms with van der Waals surface area (Å²) in [6.45, 7) is 3.55. The van der Waals surface area contributed by atoms with E-state index in [1.165, 1.54) is 0 Å². The first-order valence-corrected chi connectivity index (χ1v) is 12.1. The maximum Gasteiger partial charge on any atom is 0.253 e. The summed E-state index contributed by atoms with van der Waals surface area (Å²) in [6, 6.07) is 7.67. The molecule has 0 aromatic heterocycles. The summed E-state index contributed by atoms with van der Waals surface area (Å²) >= 11 is 0. The van der Waals surface area contributed by atoms with E-state index < -0.39 is 21.7 Å². The van der Waals surface area contributed by atoms with E-state index in [4.69, 9.17) is 0 Å². The minimum Gasteiger partial charge on any atom is -1.00 e. The lowest BCUT2D eigenvalue weighted by Gasteiger charge is -2.24. The molecule has 0 saturated carbocycles. The quantitative estimate of drug-likeness (QED) is 0.0733. The predicted octanol–water partition coefficient (Wildman–Crippen LogP) is -5.65. The molecule has 0 atom stereocenters. The molecule has 3 aromatic carbocycles. The molecule has 0 bridgehead atoms. The number of nitrogens with one attached hydrogen (secondary N) is 4. The number of rotatable bonds is 14. The Morgan fingerprint density at radius 1 is 0.553 bits per heavy atom. The van der Waals surface area contributed by atoms with Gasteiger partial charge in [-0.05, 0) is 11.1 Å². The molecule has 10 nitrogen and oxygen atoms in total. The van der Waals surface area contributed by atoms with Crippen LogP contribution in [0.2, 0.25) is 0 Å². The molecule has 0 amide bonds. The highest BCUT2D eigenvalue weighted by Crippen LogP contribution is 2.18. The molecule has 0 aliphatic carbocycles. The molecular formula is C26H38I2N6O4. The fourth-order valence-corrected chi connectivity index (χ4v) is 3.72. The molecule has 0 saturated heterocycles. The Balaban J connectivity index is 0.00000361. The minimum atomic E-state index is -0.508. The molecule has 38 heavy (non-hydrogen) atoms. The summed E-state index contributed by atoms with van der Waals surface area (Å²) in [6.07, 6.45) is 0. The van der Waals surface area contributed by atoms with Crippen molar-refractivity contribution in [2.45, 2.75) is 13.1 Å². The molecule has 0 spiro atoms. The molecule has 12 heteroatoms. The van der Waals surface area contributed by atoms with Crippen LogP contribution in [-0.2, 0) is 13.1 Å². The molecule has 4 N–H and O–H groups in total. The van der Waals surface area contributed by atoms with Gasteiger partial charge in [0.2, 0.25) is 0 Å². The van der Waals surface area contributed by atoms with Crippen molar-refractivity contribution in [3.8, 4) is 0 Å². The molecule has 0 aliphatic heterocycles. The predicted molar refractivity (Wildman–Crippen MR) is 147 cm³/mol. The Morgan fingerprint density at radius 3 is 1.18 bits per heavy atom. The first kappa shape index (κ1) is 34.0. The average Bonchev–Trinajstić information content (AvgIpc) is 2.80.